The van der Waals surface area contributed by atoms with Crippen LogP contribution >= 0.6 is 0 Å². The second-order valence-corrected chi connectivity index (χ2v) is 7.86. The number of carboxylic acid groups (broad SMARTS) is 1. The molecule has 1 N–H and O–H groups in total. The van der Waals surface area contributed by atoms with Gasteiger partial charge in [0.05, 0.1) is 29.0 Å². The Balaban J connectivity index is 1.67. The number of amides is 2. The highest BCUT2D eigenvalue weighted by Crippen LogP contribution is 2.36. The van der Waals surface area contributed by atoms with Crippen molar-refractivity contribution in [2.75, 3.05) is 16.3 Å². The van der Waals surface area contributed by atoms with Crippen LogP contribution in [0.25, 0.3) is 6.08 Å². The van der Waals surface area contributed by atoms with E-state index in [1.165, 1.54) is 41.3 Å². The van der Waals surface area contributed by atoms with Gasteiger partial charge in [0.2, 0.25) is 5.91 Å². The van der Waals surface area contributed by atoms with E-state index in [0.29, 0.717) is 5.69 Å². The molecule has 1 aliphatic rings. The van der Waals surface area contributed by atoms with Crippen LogP contribution in [-0.2, 0) is 22.3 Å². The Bertz CT molecular complexity index is 1320. The highest BCUT2D eigenvalue weighted by molar-refractivity contribution is 6.15. The fraction of sp³-hybridized carbons (Fsp3) is 0.115. The van der Waals surface area contributed by atoms with Crippen LogP contribution in [0, 0.1) is 0 Å². The van der Waals surface area contributed by atoms with Crippen molar-refractivity contribution in [3.63, 3.8) is 0 Å². The summed E-state index contributed by atoms with van der Waals surface area (Å²) in [5.74, 6) is -2.25. The van der Waals surface area contributed by atoms with E-state index in [9.17, 15) is 32.7 Å². The van der Waals surface area contributed by atoms with E-state index in [1.807, 2.05) is 30.3 Å². The highest BCUT2D eigenvalue weighted by atomic mass is 19.4. The Morgan fingerprint density at radius 2 is 1.69 bits per heavy atom. The quantitative estimate of drug-likeness (QED) is 0.522. The molecule has 0 spiro atoms. The third-order valence-corrected chi connectivity index (χ3v) is 5.48. The first-order valence-electron chi connectivity index (χ1n) is 10.5. The van der Waals surface area contributed by atoms with E-state index >= 15 is 0 Å². The molecule has 178 valence electrons. The molecule has 0 saturated heterocycles. The minimum atomic E-state index is -4.53. The van der Waals surface area contributed by atoms with Crippen molar-refractivity contribution in [3.8, 4) is 0 Å². The van der Waals surface area contributed by atoms with Gasteiger partial charge in [0.15, 0.2) is 0 Å². The first kappa shape index (κ1) is 23.7. The van der Waals surface area contributed by atoms with Gasteiger partial charge in [-0.15, -0.1) is 0 Å². The Labute approximate surface area is 198 Å². The summed E-state index contributed by atoms with van der Waals surface area (Å²) in [7, 11) is 0. The second-order valence-electron chi connectivity index (χ2n) is 7.86. The van der Waals surface area contributed by atoms with E-state index in [-0.39, 0.29) is 35.8 Å². The molecule has 35 heavy (non-hydrogen) atoms. The number of hydrogen-bond acceptors (Lipinski definition) is 3. The molecule has 3 aromatic rings. The van der Waals surface area contributed by atoms with Gasteiger partial charge in [-0.25, -0.2) is 4.79 Å². The number of carboxylic acids is 1. The summed E-state index contributed by atoms with van der Waals surface area (Å²) in [4.78, 5) is 40.1. The SMILES string of the molecule is O=C(O)c1ccc2c(c1)N(C(=O)/C=C/c1cccc(C(F)(F)F)c1)CC(=O)N2Cc1ccccc1. The number of hydrogen-bond donors (Lipinski definition) is 1. The third-order valence-electron chi connectivity index (χ3n) is 5.48. The van der Waals surface area contributed by atoms with Gasteiger partial charge in [-0.2, -0.15) is 13.2 Å². The summed E-state index contributed by atoms with van der Waals surface area (Å²) in [6.45, 7) is -0.129. The lowest BCUT2D eigenvalue weighted by Gasteiger charge is -2.36. The van der Waals surface area contributed by atoms with Gasteiger partial charge in [0, 0.05) is 6.08 Å². The smallest absolute Gasteiger partial charge is 0.416 e. The van der Waals surface area contributed by atoms with Gasteiger partial charge in [-0.05, 0) is 47.5 Å². The van der Waals surface area contributed by atoms with Crippen LogP contribution in [0.2, 0.25) is 0 Å². The molecule has 0 bridgehead atoms. The number of benzene rings is 3. The first-order chi connectivity index (χ1) is 16.6. The topological polar surface area (TPSA) is 77.9 Å². The highest BCUT2D eigenvalue weighted by Gasteiger charge is 2.33. The zero-order chi connectivity index (χ0) is 25.2. The monoisotopic (exact) mass is 480 g/mol. The third kappa shape index (κ3) is 5.24. The fourth-order valence-electron chi connectivity index (χ4n) is 3.75. The number of aromatic carboxylic acids is 1. The maximum atomic E-state index is 13.0. The lowest BCUT2D eigenvalue weighted by molar-refractivity contribution is -0.137. The Morgan fingerprint density at radius 1 is 0.943 bits per heavy atom. The summed E-state index contributed by atoms with van der Waals surface area (Å²) in [6, 6.07) is 17.8. The minimum absolute atomic E-state index is 0.0718. The van der Waals surface area contributed by atoms with Gasteiger partial charge in [0.25, 0.3) is 5.91 Å². The van der Waals surface area contributed by atoms with Crippen molar-refractivity contribution in [1.29, 1.82) is 0 Å². The molecule has 0 fully saturated rings. The summed E-state index contributed by atoms with van der Waals surface area (Å²) in [5, 5.41) is 9.42. The molecule has 0 saturated carbocycles. The number of fused-ring (bicyclic) bond motifs is 1. The summed E-state index contributed by atoms with van der Waals surface area (Å²) >= 11 is 0. The number of anilines is 2. The summed E-state index contributed by atoms with van der Waals surface area (Å²) < 4.78 is 38.9. The van der Waals surface area contributed by atoms with Crippen LogP contribution in [0.15, 0.2) is 78.9 Å². The van der Waals surface area contributed by atoms with Crippen LogP contribution in [0.4, 0.5) is 24.5 Å². The van der Waals surface area contributed by atoms with Gasteiger partial charge in [-0.1, -0.05) is 42.5 Å². The molecule has 0 aliphatic carbocycles. The zero-order valence-electron chi connectivity index (χ0n) is 18.2. The second kappa shape index (κ2) is 9.46. The van der Waals surface area contributed by atoms with Crippen LogP contribution in [0.5, 0.6) is 0 Å². The Kier molecular flexibility index (Phi) is 6.42. The van der Waals surface area contributed by atoms with Crippen molar-refractivity contribution in [3.05, 3.63) is 101 Å². The molecule has 3 aromatic carbocycles. The van der Waals surface area contributed by atoms with Crippen molar-refractivity contribution in [1.82, 2.24) is 0 Å². The normalized spacial score (nSPS) is 13.7. The van der Waals surface area contributed by atoms with E-state index in [2.05, 4.69) is 0 Å². The lowest BCUT2D eigenvalue weighted by atomic mass is 10.1. The molecule has 4 rings (SSSR count). The molecular formula is C26H19F3N2O4. The van der Waals surface area contributed by atoms with Gasteiger partial charge in [0.1, 0.15) is 6.54 Å². The average Bonchev–Trinajstić information content (AvgIpc) is 2.84. The molecule has 6 nitrogen and oxygen atoms in total. The molecule has 2 amide bonds. The number of carbonyl (C=O) groups excluding carboxylic acids is 2. The van der Waals surface area contributed by atoms with E-state index in [1.54, 1.807) is 0 Å². The molecule has 1 aliphatic heterocycles. The average molecular weight is 480 g/mol. The summed E-state index contributed by atoms with van der Waals surface area (Å²) in [5.41, 5.74) is 0.653. The maximum absolute atomic E-state index is 13.0. The number of alkyl halides is 3. The van der Waals surface area contributed by atoms with Crippen LogP contribution in [-0.4, -0.2) is 29.4 Å². The van der Waals surface area contributed by atoms with Crippen molar-refractivity contribution < 1.29 is 32.7 Å². The molecule has 0 unspecified atom stereocenters. The minimum Gasteiger partial charge on any atom is -0.478 e. The van der Waals surface area contributed by atoms with Gasteiger partial charge < -0.3 is 10.0 Å². The molecular weight excluding hydrogens is 461 g/mol. The van der Waals surface area contributed by atoms with Crippen molar-refractivity contribution in [2.45, 2.75) is 12.7 Å². The molecule has 0 atom stereocenters. The molecule has 0 radical (unpaired) electrons. The predicted octanol–water partition coefficient (Wildman–Crippen LogP) is 5.00. The zero-order valence-corrected chi connectivity index (χ0v) is 18.2. The number of carbonyl (C=O) groups is 3. The Morgan fingerprint density at radius 3 is 2.37 bits per heavy atom. The van der Waals surface area contributed by atoms with Gasteiger partial charge in [-0.3, -0.25) is 14.5 Å². The molecule has 9 heteroatoms. The first-order valence-corrected chi connectivity index (χ1v) is 10.5. The fourth-order valence-corrected chi connectivity index (χ4v) is 3.75. The van der Waals surface area contributed by atoms with E-state index in [4.69, 9.17) is 0 Å². The van der Waals surface area contributed by atoms with Crippen LogP contribution in [0.1, 0.15) is 27.0 Å². The Hall–Kier alpha value is -4.40. The largest absolute Gasteiger partial charge is 0.478 e. The maximum Gasteiger partial charge on any atom is 0.416 e. The van der Waals surface area contributed by atoms with Crippen molar-refractivity contribution in [2.24, 2.45) is 0 Å². The standard InChI is InChI=1S/C26H19F3N2O4/c27-26(28,29)20-8-4-7-17(13-20)9-12-23(32)31-16-24(33)30(15-18-5-2-1-3-6-18)21-11-10-19(25(34)35)14-22(21)31/h1-14H,15-16H2,(H,34,35)/b12-9+. The number of rotatable bonds is 5. The van der Waals surface area contributed by atoms with E-state index < -0.39 is 23.6 Å². The van der Waals surface area contributed by atoms with Crippen molar-refractivity contribution >= 4 is 35.2 Å². The predicted molar refractivity (Wildman–Crippen MR) is 124 cm³/mol. The number of nitrogens with zero attached hydrogens (tertiary/aromatic N) is 2. The summed E-state index contributed by atoms with van der Waals surface area (Å²) in [6.07, 6.45) is -2.24. The number of halogens is 3. The molecule has 1 heterocycles. The van der Waals surface area contributed by atoms with Gasteiger partial charge >= 0.3 is 12.1 Å². The lowest BCUT2D eigenvalue weighted by Crippen LogP contribution is -2.47. The van der Waals surface area contributed by atoms with Crippen LogP contribution < -0.4 is 9.80 Å². The van der Waals surface area contributed by atoms with Crippen LogP contribution in [0.3, 0.4) is 0 Å². The molecule has 0 aromatic heterocycles. The van der Waals surface area contributed by atoms with E-state index in [0.717, 1.165) is 28.7 Å².